The lowest BCUT2D eigenvalue weighted by molar-refractivity contribution is 0.385. The van der Waals surface area contributed by atoms with E-state index in [-0.39, 0.29) is 17.6 Å². The maximum Gasteiger partial charge on any atom is 0.165 e. The topological polar surface area (TPSA) is 39.1 Å². The highest BCUT2D eigenvalue weighted by molar-refractivity contribution is 6.31. The monoisotopic (exact) mass is 297 g/mol. The Labute approximate surface area is 122 Å². The largest absolute Gasteiger partial charge is 0.494 e. The van der Waals surface area contributed by atoms with Gasteiger partial charge < -0.3 is 10.1 Å². The average Bonchev–Trinajstić information content (AvgIpc) is 2.77. The van der Waals surface area contributed by atoms with Gasteiger partial charge in [0.25, 0.3) is 0 Å². The molecule has 20 heavy (non-hydrogen) atoms. The Kier molecular flexibility index (Phi) is 4.62. The summed E-state index contributed by atoms with van der Waals surface area (Å²) in [7, 11) is 3.27. The lowest BCUT2D eigenvalue weighted by atomic mass is 10.0. The number of hydrogen-bond acceptors (Lipinski definition) is 3. The highest BCUT2D eigenvalue weighted by Crippen LogP contribution is 2.30. The third-order valence-corrected chi connectivity index (χ3v) is 3.42. The number of aryl methyl sites for hydroxylation is 1. The third-order valence-electron chi connectivity index (χ3n) is 3.13. The van der Waals surface area contributed by atoms with Gasteiger partial charge in [0, 0.05) is 7.05 Å². The summed E-state index contributed by atoms with van der Waals surface area (Å²) in [5.41, 5.74) is 1.71. The number of hydrogen-bond donors (Lipinski definition) is 1. The zero-order chi connectivity index (χ0) is 14.7. The second-order valence-electron chi connectivity index (χ2n) is 4.39. The molecule has 0 aliphatic rings. The molecule has 1 unspecified atom stereocenters. The highest BCUT2D eigenvalue weighted by atomic mass is 35.5. The molecule has 0 aliphatic heterocycles. The van der Waals surface area contributed by atoms with Crippen molar-refractivity contribution in [1.29, 1.82) is 0 Å². The van der Waals surface area contributed by atoms with E-state index in [9.17, 15) is 4.39 Å². The van der Waals surface area contributed by atoms with Gasteiger partial charge in [0.15, 0.2) is 11.6 Å². The Morgan fingerprint density at radius 2 is 2.25 bits per heavy atom. The number of methoxy groups -OCH3 is 1. The summed E-state index contributed by atoms with van der Waals surface area (Å²) in [5.74, 6) is -0.175. The van der Waals surface area contributed by atoms with Crippen LogP contribution >= 0.6 is 11.6 Å². The van der Waals surface area contributed by atoms with Crippen molar-refractivity contribution in [2.24, 2.45) is 7.05 Å². The molecule has 0 aliphatic carbocycles. The van der Waals surface area contributed by atoms with E-state index in [0.29, 0.717) is 5.02 Å². The van der Waals surface area contributed by atoms with Crippen molar-refractivity contribution in [2.45, 2.75) is 13.0 Å². The van der Waals surface area contributed by atoms with Crippen LogP contribution in [0.1, 0.15) is 24.2 Å². The molecule has 0 radical (unpaired) electrons. The van der Waals surface area contributed by atoms with Crippen molar-refractivity contribution in [3.05, 3.63) is 46.5 Å². The minimum absolute atomic E-state index is 0.172. The molecule has 1 aromatic heterocycles. The molecule has 108 valence electrons. The molecule has 1 aromatic carbocycles. The number of aromatic nitrogens is 2. The molecular weight excluding hydrogens is 281 g/mol. The lowest BCUT2D eigenvalue weighted by Crippen LogP contribution is -2.24. The van der Waals surface area contributed by atoms with Gasteiger partial charge in [-0.1, -0.05) is 24.6 Å². The van der Waals surface area contributed by atoms with Gasteiger partial charge in [-0.15, -0.1) is 0 Å². The maximum atomic E-state index is 13.5. The summed E-state index contributed by atoms with van der Waals surface area (Å²) in [6.45, 7) is 2.74. The second kappa shape index (κ2) is 6.24. The van der Waals surface area contributed by atoms with Crippen LogP contribution in [0.4, 0.5) is 4.39 Å². The molecule has 0 saturated heterocycles. The van der Waals surface area contributed by atoms with E-state index in [2.05, 4.69) is 10.4 Å². The first-order valence-corrected chi connectivity index (χ1v) is 6.70. The van der Waals surface area contributed by atoms with Crippen molar-refractivity contribution < 1.29 is 9.13 Å². The van der Waals surface area contributed by atoms with Crippen molar-refractivity contribution in [3.63, 3.8) is 0 Å². The molecule has 2 aromatic rings. The normalized spacial score (nSPS) is 12.4. The van der Waals surface area contributed by atoms with Gasteiger partial charge in [0.05, 0.1) is 30.1 Å². The summed E-state index contributed by atoms with van der Waals surface area (Å²) in [6, 6.07) is 4.61. The van der Waals surface area contributed by atoms with Crippen molar-refractivity contribution in [1.82, 2.24) is 15.1 Å². The van der Waals surface area contributed by atoms with Crippen LogP contribution in [0.3, 0.4) is 0 Å². The maximum absolute atomic E-state index is 13.5. The minimum Gasteiger partial charge on any atom is -0.494 e. The number of halogens is 2. The molecule has 2 rings (SSSR count). The number of nitrogens with one attached hydrogen (secondary N) is 1. The molecule has 0 saturated carbocycles. The average molecular weight is 298 g/mol. The number of nitrogens with zero attached hydrogens (tertiary/aromatic N) is 2. The van der Waals surface area contributed by atoms with Gasteiger partial charge in [0.2, 0.25) is 0 Å². The number of rotatable bonds is 5. The van der Waals surface area contributed by atoms with Crippen LogP contribution in [-0.4, -0.2) is 23.4 Å². The zero-order valence-corrected chi connectivity index (χ0v) is 12.4. The molecule has 0 amide bonds. The summed E-state index contributed by atoms with van der Waals surface area (Å²) in [4.78, 5) is 0. The first-order valence-electron chi connectivity index (χ1n) is 6.32. The Hall–Kier alpha value is -1.59. The molecule has 0 spiro atoms. The Morgan fingerprint density at radius 3 is 2.80 bits per heavy atom. The predicted molar refractivity (Wildman–Crippen MR) is 76.7 cm³/mol. The SMILES string of the molecule is CCNC(c1ccc(F)c(OC)c1)c1c(Cl)cnn1C. The molecule has 1 heterocycles. The summed E-state index contributed by atoms with van der Waals surface area (Å²) in [5, 5.41) is 8.05. The molecular formula is C14H17ClFN3O. The van der Waals surface area contributed by atoms with E-state index < -0.39 is 0 Å². The van der Waals surface area contributed by atoms with E-state index in [1.54, 1.807) is 23.0 Å². The highest BCUT2D eigenvalue weighted by Gasteiger charge is 2.21. The van der Waals surface area contributed by atoms with Crippen LogP contribution in [0.2, 0.25) is 5.02 Å². The van der Waals surface area contributed by atoms with E-state index in [1.165, 1.54) is 13.2 Å². The van der Waals surface area contributed by atoms with Gasteiger partial charge >= 0.3 is 0 Å². The quantitative estimate of drug-likeness (QED) is 0.922. The Balaban J connectivity index is 2.48. The fraction of sp³-hybridized carbons (Fsp3) is 0.357. The molecule has 6 heteroatoms. The predicted octanol–water partition coefficient (Wildman–Crippen LogP) is 2.92. The summed E-state index contributed by atoms with van der Waals surface area (Å²) < 4.78 is 20.3. The molecule has 0 bridgehead atoms. The third kappa shape index (κ3) is 2.78. The Bertz CT molecular complexity index is 581. The van der Waals surface area contributed by atoms with Crippen molar-refractivity contribution >= 4 is 11.6 Å². The van der Waals surface area contributed by atoms with Gasteiger partial charge in [-0.2, -0.15) is 5.10 Å². The van der Waals surface area contributed by atoms with Crippen molar-refractivity contribution in [3.8, 4) is 5.75 Å². The molecule has 1 atom stereocenters. The van der Waals surface area contributed by atoms with Gasteiger partial charge in [0.1, 0.15) is 0 Å². The zero-order valence-electron chi connectivity index (χ0n) is 11.7. The smallest absolute Gasteiger partial charge is 0.165 e. The number of ether oxygens (including phenoxy) is 1. The fourth-order valence-corrected chi connectivity index (χ4v) is 2.45. The van der Waals surface area contributed by atoms with E-state index in [4.69, 9.17) is 16.3 Å². The fourth-order valence-electron chi connectivity index (χ4n) is 2.18. The van der Waals surface area contributed by atoms with E-state index in [1.807, 2.05) is 14.0 Å². The number of benzene rings is 1. The summed E-state index contributed by atoms with van der Waals surface area (Å²) in [6.07, 6.45) is 1.60. The van der Waals surface area contributed by atoms with Crippen LogP contribution in [0, 0.1) is 5.82 Å². The summed E-state index contributed by atoms with van der Waals surface area (Å²) >= 11 is 6.20. The van der Waals surface area contributed by atoms with Crippen molar-refractivity contribution in [2.75, 3.05) is 13.7 Å². The first-order chi connectivity index (χ1) is 9.58. The van der Waals surface area contributed by atoms with Gasteiger partial charge in [-0.05, 0) is 24.2 Å². The van der Waals surface area contributed by atoms with Crippen LogP contribution in [0.15, 0.2) is 24.4 Å². The standard InChI is InChI=1S/C14H17ClFN3O/c1-4-17-13(14-10(15)8-18-19(14)2)9-5-6-11(16)12(7-9)20-3/h5-8,13,17H,4H2,1-3H3. The van der Waals surface area contributed by atoms with Crippen LogP contribution in [0.5, 0.6) is 5.75 Å². The molecule has 1 N–H and O–H groups in total. The second-order valence-corrected chi connectivity index (χ2v) is 4.79. The van der Waals surface area contributed by atoms with E-state index in [0.717, 1.165) is 17.8 Å². The lowest BCUT2D eigenvalue weighted by Gasteiger charge is -2.20. The first kappa shape index (κ1) is 14.8. The van der Waals surface area contributed by atoms with Crippen LogP contribution in [0.25, 0.3) is 0 Å². The molecule has 0 fully saturated rings. The van der Waals surface area contributed by atoms with Gasteiger partial charge in [-0.3, -0.25) is 4.68 Å². The van der Waals surface area contributed by atoms with Crippen LogP contribution in [-0.2, 0) is 7.05 Å². The van der Waals surface area contributed by atoms with E-state index >= 15 is 0 Å². The van der Waals surface area contributed by atoms with Crippen LogP contribution < -0.4 is 10.1 Å². The molecule has 4 nitrogen and oxygen atoms in total. The minimum atomic E-state index is -0.386. The van der Waals surface area contributed by atoms with Gasteiger partial charge in [-0.25, -0.2) is 4.39 Å². The Morgan fingerprint density at radius 1 is 1.50 bits per heavy atom.